The number of amides is 1. The fourth-order valence-electron chi connectivity index (χ4n) is 2.66. The molecule has 0 saturated heterocycles. The van der Waals surface area contributed by atoms with Crippen molar-refractivity contribution >= 4 is 27.0 Å². The highest BCUT2D eigenvalue weighted by Crippen LogP contribution is 2.10. The van der Waals surface area contributed by atoms with Crippen molar-refractivity contribution in [2.75, 3.05) is 6.54 Å². The van der Waals surface area contributed by atoms with Gasteiger partial charge in [0.25, 0.3) is 0 Å². The molecule has 9 heteroatoms. The van der Waals surface area contributed by atoms with E-state index in [4.69, 9.17) is 5.14 Å². The molecule has 0 spiro atoms. The largest absolute Gasteiger partial charge is 0.354 e. The third-order valence-electron chi connectivity index (χ3n) is 3.97. The summed E-state index contributed by atoms with van der Waals surface area (Å²) in [4.78, 5) is 26.8. The fraction of sp³-hybridized carbons (Fsp3) is 0.176. The number of hydrogen-bond acceptors (Lipinski definition) is 4. The van der Waals surface area contributed by atoms with Crippen LogP contribution in [0, 0.1) is 0 Å². The van der Waals surface area contributed by atoms with Gasteiger partial charge in [0, 0.05) is 6.54 Å². The van der Waals surface area contributed by atoms with Crippen LogP contribution in [0.4, 0.5) is 0 Å². The molecule has 0 bridgehead atoms. The highest BCUT2D eigenvalue weighted by molar-refractivity contribution is 7.89. The zero-order valence-corrected chi connectivity index (χ0v) is 14.6. The number of H-pyrrole nitrogens is 1. The number of sulfonamides is 1. The number of aromatic nitrogens is 2. The molecule has 0 radical (unpaired) electrons. The first-order valence-corrected chi connectivity index (χ1v) is 9.45. The molecule has 0 atom stereocenters. The molecule has 0 saturated carbocycles. The minimum Gasteiger partial charge on any atom is -0.354 e. The zero-order chi connectivity index (χ0) is 18.7. The molecular formula is C17H18N4O4S. The van der Waals surface area contributed by atoms with Crippen molar-refractivity contribution in [3.8, 4) is 0 Å². The number of carbonyl (C=O) groups excluding carboxylic acids is 1. The van der Waals surface area contributed by atoms with E-state index in [-0.39, 0.29) is 23.0 Å². The lowest BCUT2D eigenvalue weighted by molar-refractivity contribution is -0.121. The summed E-state index contributed by atoms with van der Waals surface area (Å²) in [6, 6.07) is 13.3. The van der Waals surface area contributed by atoms with E-state index < -0.39 is 10.0 Å². The Kier molecular flexibility index (Phi) is 4.92. The molecule has 1 amide bonds. The van der Waals surface area contributed by atoms with Crippen molar-refractivity contribution in [1.82, 2.24) is 14.9 Å². The second-order valence-electron chi connectivity index (χ2n) is 5.82. The van der Waals surface area contributed by atoms with E-state index in [0.29, 0.717) is 24.0 Å². The Morgan fingerprint density at radius 1 is 1.12 bits per heavy atom. The smallest absolute Gasteiger partial charge is 0.326 e. The number of rotatable bonds is 6. The topological polar surface area (TPSA) is 127 Å². The molecule has 0 unspecified atom stereocenters. The SMILES string of the molecule is NS(=O)(=O)c1ccc(CCNC(=O)Cn2c(=O)[nH]c3ccccc32)cc1. The molecule has 0 aliphatic rings. The summed E-state index contributed by atoms with van der Waals surface area (Å²) in [6.07, 6.45) is 0.527. The molecule has 3 aromatic rings. The molecule has 4 N–H and O–H groups in total. The molecule has 0 aliphatic carbocycles. The second kappa shape index (κ2) is 7.14. The van der Waals surface area contributed by atoms with E-state index in [1.807, 2.05) is 6.07 Å². The van der Waals surface area contributed by atoms with Crippen LogP contribution in [0.2, 0.25) is 0 Å². The summed E-state index contributed by atoms with van der Waals surface area (Å²) in [6.45, 7) is 0.290. The highest BCUT2D eigenvalue weighted by atomic mass is 32.2. The van der Waals surface area contributed by atoms with Gasteiger partial charge >= 0.3 is 5.69 Å². The van der Waals surface area contributed by atoms with Gasteiger partial charge in [-0.1, -0.05) is 24.3 Å². The maximum atomic E-state index is 12.1. The van der Waals surface area contributed by atoms with Crippen LogP contribution in [-0.2, 0) is 27.8 Å². The van der Waals surface area contributed by atoms with Gasteiger partial charge in [0.1, 0.15) is 6.54 Å². The summed E-state index contributed by atoms with van der Waals surface area (Å²) in [5, 5.41) is 7.80. The number of nitrogens with one attached hydrogen (secondary N) is 2. The third-order valence-corrected chi connectivity index (χ3v) is 4.90. The van der Waals surface area contributed by atoms with Crippen LogP contribution in [-0.4, -0.2) is 30.4 Å². The Morgan fingerprint density at radius 3 is 2.50 bits per heavy atom. The molecule has 8 nitrogen and oxygen atoms in total. The monoisotopic (exact) mass is 374 g/mol. The van der Waals surface area contributed by atoms with Crippen molar-refractivity contribution in [2.24, 2.45) is 5.14 Å². The quantitative estimate of drug-likeness (QED) is 0.575. The van der Waals surface area contributed by atoms with Gasteiger partial charge in [-0.2, -0.15) is 0 Å². The summed E-state index contributed by atoms with van der Waals surface area (Å²) in [5.74, 6) is -0.280. The number of aromatic amines is 1. The predicted octanol–water partition coefficient (Wildman–Crippen LogP) is 0.336. The van der Waals surface area contributed by atoms with Crippen LogP contribution in [0.25, 0.3) is 11.0 Å². The average molecular weight is 374 g/mol. The first-order valence-electron chi connectivity index (χ1n) is 7.90. The second-order valence-corrected chi connectivity index (χ2v) is 7.38. The third kappa shape index (κ3) is 4.01. The van der Waals surface area contributed by atoms with Gasteiger partial charge in [0.2, 0.25) is 15.9 Å². The number of nitrogens with zero attached hydrogens (tertiary/aromatic N) is 1. The molecule has 2 aromatic carbocycles. The van der Waals surface area contributed by atoms with Crippen LogP contribution in [0.1, 0.15) is 5.56 Å². The summed E-state index contributed by atoms with van der Waals surface area (Å²) in [5.41, 5.74) is 1.88. The van der Waals surface area contributed by atoms with E-state index in [2.05, 4.69) is 10.3 Å². The maximum absolute atomic E-state index is 12.1. The number of nitrogens with two attached hydrogens (primary N) is 1. The molecule has 0 aliphatic heterocycles. The first kappa shape index (κ1) is 17.9. The van der Waals surface area contributed by atoms with Crippen LogP contribution >= 0.6 is 0 Å². The van der Waals surface area contributed by atoms with Crippen molar-refractivity contribution in [3.05, 3.63) is 64.6 Å². The zero-order valence-electron chi connectivity index (χ0n) is 13.8. The van der Waals surface area contributed by atoms with Gasteiger partial charge in [-0.15, -0.1) is 0 Å². The number of para-hydroxylation sites is 2. The molecule has 3 rings (SSSR count). The van der Waals surface area contributed by atoms with Crippen molar-refractivity contribution in [3.63, 3.8) is 0 Å². The lowest BCUT2D eigenvalue weighted by Gasteiger charge is -2.07. The summed E-state index contributed by atoms with van der Waals surface area (Å²) >= 11 is 0. The summed E-state index contributed by atoms with van der Waals surface area (Å²) < 4.78 is 23.8. The van der Waals surface area contributed by atoms with Crippen LogP contribution in [0.3, 0.4) is 0 Å². The normalized spacial score (nSPS) is 11.6. The number of carbonyl (C=O) groups is 1. The Hall–Kier alpha value is -2.91. The number of fused-ring (bicyclic) bond motifs is 1. The Balaban J connectivity index is 1.57. The molecule has 0 fully saturated rings. The summed E-state index contributed by atoms with van der Waals surface area (Å²) in [7, 11) is -3.71. The number of hydrogen-bond donors (Lipinski definition) is 3. The molecule has 1 aromatic heterocycles. The molecule has 136 valence electrons. The van der Waals surface area contributed by atoms with Crippen molar-refractivity contribution < 1.29 is 13.2 Å². The fourth-order valence-corrected chi connectivity index (χ4v) is 3.17. The highest BCUT2D eigenvalue weighted by Gasteiger charge is 2.10. The Labute approximate surface area is 149 Å². The Bertz CT molecular complexity index is 1100. The van der Waals surface area contributed by atoms with Crippen LogP contribution < -0.4 is 16.1 Å². The van der Waals surface area contributed by atoms with E-state index in [0.717, 1.165) is 5.56 Å². The number of primary sulfonamides is 1. The van der Waals surface area contributed by atoms with Crippen LogP contribution in [0.5, 0.6) is 0 Å². The van der Waals surface area contributed by atoms with Gasteiger partial charge in [-0.3, -0.25) is 9.36 Å². The lowest BCUT2D eigenvalue weighted by Crippen LogP contribution is -2.32. The van der Waals surface area contributed by atoms with Crippen LogP contribution in [0.15, 0.2) is 58.2 Å². The van der Waals surface area contributed by atoms with Gasteiger partial charge in [0.05, 0.1) is 15.9 Å². The molecule has 1 heterocycles. The van der Waals surface area contributed by atoms with Gasteiger partial charge < -0.3 is 10.3 Å². The Morgan fingerprint density at radius 2 is 1.81 bits per heavy atom. The lowest BCUT2D eigenvalue weighted by atomic mass is 10.1. The predicted molar refractivity (Wildman–Crippen MR) is 97.1 cm³/mol. The van der Waals surface area contributed by atoms with E-state index >= 15 is 0 Å². The van der Waals surface area contributed by atoms with E-state index in [1.165, 1.54) is 16.7 Å². The standard InChI is InChI=1S/C17H18N4O4S/c18-26(24,25)13-7-5-12(6-8-13)9-10-19-16(22)11-21-15-4-2-1-3-14(15)20-17(21)23/h1-8H,9-11H2,(H,19,22)(H,20,23)(H2,18,24,25). The molecular weight excluding hydrogens is 356 g/mol. The first-order chi connectivity index (χ1) is 12.3. The maximum Gasteiger partial charge on any atom is 0.326 e. The average Bonchev–Trinajstić information content (AvgIpc) is 2.90. The van der Waals surface area contributed by atoms with E-state index in [9.17, 15) is 18.0 Å². The number of benzene rings is 2. The van der Waals surface area contributed by atoms with Crippen molar-refractivity contribution in [1.29, 1.82) is 0 Å². The number of imidazole rings is 1. The van der Waals surface area contributed by atoms with E-state index in [1.54, 1.807) is 30.3 Å². The minimum absolute atomic E-state index is 0.0454. The van der Waals surface area contributed by atoms with Crippen molar-refractivity contribution in [2.45, 2.75) is 17.9 Å². The van der Waals surface area contributed by atoms with Gasteiger partial charge in [-0.25, -0.2) is 18.4 Å². The minimum atomic E-state index is -3.71. The van der Waals surface area contributed by atoms with Gasteiger partial charge in [-0.05, 0) is 36.2 Å². The van der Waals surface area contributed by atoms with Gasteiger partial charge in [0.15, 0.2) is 0 Å². The molecule has 26 heavy (non-hydrogen) atoms.